The summed E-state index contributed by atoms with van der Waals surface area (Å²) in [7, 11) is 0. The molecule has 1 aromatic rings. The van der Waals surface area contributed by atoms with Gasteiger partial charge in [0.1, 0.15) is 5.82 Å². The minimum absolute atomic E-state index is 0.0203. The summed E-state index contributed by atoms with van der Waals surface area (Å²) in [6.45, 7) is 0. The monoisotopic (exact) mass is 290 g/mol. The van der Waals surface area contributed by atoms with Gasteiger partial charge in [0.15, 0.2) is 0 Å². The molecule has 5 heteroatoms. The number of benzene rings is 1. The van der Waals surface area contributed by atoms with E-state index in [0.717, 1.165) is 24.8 Å². The quantitative estimate of drug-likeness (QED) is 0.879. The summed E-state index contributed by atoms with van der Waals surface area (Å²) in [4.78, 5) is 13.1. The first-order valence-corrected chi connectivity index (χ1v) is 7.73. The molecular formula is C16H19FN2O2. The zero-order valence-electron chi connectivity index (χ0n) is 11.8. The highest BCUT2D eigenvalue weighted by atomic mass is 19.1. The van der Waals surface area contributed by atoms with Gasteiger partial charge in [0, 0.05) is 18.1 Å². The van der Waals surface area contributed by atoms with Crippen LogP contribution in [0.5, 0.6) is 0 Å². The molecule has 1 aliphatic heterocycles. The summed E-state index contributed by atoms with van der Waals surface area (Å²) in [5.74, 6) is -0.0683. The van der Waals surface area contributed by atoms with E-state index in [2.05, 4.69) is 5.32 Å². The Morgan fingerprint density at radius 2 is 2.10 bits per heavy atom. The predicted octanol–water partition coefficient (Wildman–Crippen LogP) is 3.29. The van der Waals surface area contributed by atoms with Gasteiger partial charge in [0.05, 0.1) is 5.69 Å². The molecule has 112 valence electrons. The Balaban J connectivity index is 1.81. The summed E-state index contributed by atoms with van der Waals surface area (Å²) < 4.78 is 13.6. The second-order valence-corrected chi connectivity index (χ2v) is 6.44. The van der Waals surface area contributed by atoms with Gasteiger partial charge in [-0.25, -0.2) is 9.18 Å². The highest BCUT2D eigenvalue weighted by Gasteiger charge is 2.47. The highest BCUT2D eigenvalue weighted by molar-refractivity contribution is 5.89. The molecule has 2 saturated carbocycles. The van der Waals surface area contributed by atoms with E-state index < -0.39 is 6.09 Å². The number of hydrogen-bond donors (Lipinski definition) is 2. The van der Waals surface area contributed by atoms with E-state index in [1.807, 2.05) is 0 Å². The molecular weight excluding hydrogens is 271 g/mol. The number of carboxylic acid groups (broad SMARTS) is 1. The number of carbonyl (C=O) groups is 1. The number of anilines is 1. The van der Waals surface area contributed by atoms with Crippen LogP contribution < -0.4 is 10.2 Å². The molecule has 21 heavy (non-hydrogen) atoms. The van der Waals surface area contributed by atoms with Crippen molar-refractivity contribution < 1.29 is 14.3 Å². The standard InChI is InChI=1S/C16H19FN2O2/c17-9-4-7-12-14(8-9)19(16(20)21)13-3-1-2-11(13)15(12)18-10-5-6-10/h4,7-8,10-11,13,15,18H,1-3,5-6H2,(H,20,21)/t11-,13+,15+/m0/s1. The van der Waals surface area contributed by atoms with Crippen molar-refractivity contribution in [1.82, 2.24) is 5.32 Å². The van der Waals surface area contributed by atoms with Crippen LogP contribution in [-0.4, -0.2) is 23.3 Å². The van der Waals surface area contributed by atoms with Crippen LogP contribution in [0.25, 0.3) is 0 Å². The normalized spacial score (nSPS) is 30.9. The van der Waals surface area contributed by atoms with E-state index in [4.69, 9.17) is 0 Å². The molecule has 3 atom stereocenters. The molecule has 2 N–H and O–H groups in total. The topological polar surface area (TPSA) is 52.6 Å². The third kappa shape index (κ3) is 2.11. The molecule has 1 heterocycles. The average molecular weight is 290 g/mol. The van der Waals surface area contributed by atoms with Crippen LogP contribution in [0.1, 0.15) is 43.7 Å². The number of halogens is 1. The molecule has 0 aromatic heterocycles. The molecule has 0 saturated heterocycles. The van der Waals surface area contributed by atoms with Crippen molar-refractivity contribution >= 4 is 11.8 Å². The zero-order chi connectivity index (χ0) is 14.6. The first kappa shape index (κ1) is 13.1. The molecule has 0 bridgehead atoms. The SMILES string of the molecule is O=C(O)N1c2cc(F)ccc2[C@H](NC2CC2)[C@H]2CCC[C@H]21. The second-order valence-electron chi connectivity index (χ2n) is 6.44. The van der Waals surface area contributed by atoms with Gasteiger partial charge >= 0.3 is 6.09 Å². The van der Waals surface area contributed by atoms with Gasteiger partial charge in [-0.1, -0.05) is 12.5 Å². The minimum Gasteiger partial charge on any atom is -0.465 e. The summed E-state index contributed by atoms with van der Waals surface area (Å²) in [6, 6.07) is 5.26. The van der Waals surface area contributed by atoms with Crippen LogP contribution in [0.3, 0.4) is 0 Å². The van der Waals surface area contributed by atoms with Crippen LogP contribution in [0.4, 0.5) is 14.9 Å². The first-order chi connectivity index (χ1) is 10.1. The number of hydrogen-bond acceptors (Lipinski definition) is 2. The van der Waals surface area contributed by atoms with Crippen molar-refractivity contribution in [2.75, 3.05) is 4.90 Å². The van der Waals surface area contributed by atoms with Crippen LogP contribution in [-0.2, 0) is 0 Å². The first-order valence-electron chi connectivity index (χ1n) is 7.73. The Bertz CT molecular complexity index is 588. The fourth-order valence-electron chi connectivity index (χ4n) is 4.04. The summed E-state index contributed by atoms with van der Waals surface area (Å²) in [5.41, 5.74) is 1.47. The lowest BCUT2D eigenvalue weighted by Crippen LogP contribution is -2.50. The molecule has 2 fully saturated rings. The van der Waals surface area contributed by atoms with Gasteiger partial charge in [0.2, 0.25) is 0 Å². The maximum absolute atomic E-state index is 13.6. The Hall–Kier alpha value is -1.62. The van der Waals surface area contributed by atoms with Gasteiger partial charge < -0.3 is 10.4 Å². The van der Waals surface area contributed by atoms with Gasteiger partial charge in [-0.15, -0.1) is 0 Å². The third-order valence-electron chi connectivity index (χ3n) is 5.08. The van der Waals surface area contributed by atoms with E-state index in [1.54, 1.807) is 6.07 Å². The van der Waals surface area contributed by atoms with Crippen LogP contribution in [0.2, 0.25) is 0 Å². The number of nitrogens with zero attached hydrogens (tertiary/aromatic N) is 1. The van der Waals surface area contributed by atoms with Crippen molar-refractivity contribution in [1.29, 1.82) is 0 Å². The maximum atomic E-state index is 13.6. The molecule has 0 radical (unpaired) electrons. The lowest BCUT2D eigenvalue weighted by Gasteiger charge is -2.42. The molecule has 1 aromatic carbocycles. The Morgan fingerprint density at radius 3 is 2.81 bits per heavy atom. The molecule has 4 rings (SSSR count). The Labute approximate surface area is 122 Å². The van der Waals surface area contributed by atoms with E-state index in [1.165, 1.54) is 29.9 Å². The smallest absolute Gasteiger partial charge is 0.412 e. The van der Waals surface area contributed by atoms with E-state index in [9.17, 15) is 14.3 Å². The maximum Gasteiger partial charge on any atom is 0.412 e. The van der Waals surface area contributed by atoms with Crippen LogP contribution >= 0.6 is 0 Å². The minimum atomic E-state index is -0.969. The third-order valence-corrected chi connectivity index (χ3v) is 5.08. The summed E-state index contributed by atoms with van der Waals surface area (Å²) >= 11 is 0. The van der Waals surface area contributed by atoms with Crippen molar-refractivity contribution in [2.45, 2.75) is 50.2 Å². The lowest BCUT2D eigenvalue weighted by molar-refractivity contribution is 0.191. The van der Waals surface area contributed by atoms with Crippen LogP contribution in [0, 0.1) is 11.7 Å². The van der Waals surface area contributed by atoms with E-state index >= 15 is 0 Å². The highest BCUT2D eigenvalue weighted by Crippen LogP contribution is 2.48. The number of amides is 1. The van der Waals surface area contributed by atoms with Crippen molar-refractivity contribution in [2.24, 2.45) is 5.92 Å². The largest absolute Gasteiger partial charge is 0.465 e. The lowest BCUT2D eigenvalue weighted by atomic mass is 9.83. The van der Waals surface area contributed by atoms with Crippen molar-refractivity contribution in [3.05, 3.63) is 29.6 Å². The fourth-order valence-corrected chi connectivity index (χ4v) is 4.04. The Morgan fingerprint density at radius 1 is 1.29 bits per heavy atom. The molecule has 3 aliphatic rings. The number of fused-ring (bicyclic) bond motifs is 2. The predicted molar refractivity (Wildman–Crippen MR) is 76.9 cm³/mol. The summed E-state index contributed by atoms with van der Waals surface area (Å²) in [6.07, 6.45) is 4.35. The van der Waals surface area contributed by atoms with Crippen molar-refractivity contribution in [3.8, 4) is 0 Å². The molecule has 2 aliphatic carbocycles. The molecule has 1 amide bonds. The van der Waals surface area contributed by atoms with Crippen molar-refractivity contribution in [3.63, 3.8) is 0 Å². The second kappa shape index (κ2) is 4.70. The average Bonchev–Trinajstić information content (AvgIpc) is 3.13. The van der Waals surface area contributed by atoms with Gasteiger partial charge in [-0.3, -0.25) is 4.90 Å². The van der Waals surface area contributed by atoms with Gasteiger partial charge in [-0.2, -0.15) is 0 Å². The van der Waals surface area contributed by atoms with Crippen LogP contribution in [0.15, 0.2) is 18.2 Å². The summed E-state index contributed by atoms with van der Waals surface area (Å²) in [5, 5.41) is 13.2. The fraction of sp³-hybridized carbons (Fsp3) is 0.562. The Kier molecular flexibility index (Phi) is 2.92. The van der Waals surface area contributed by atoms with Gasteiger partial charge in [0.25, 0.3) is 0 Å². The van der Waals surface area contributed by atoms with Gasteiger partial charge in [-0.05, 0) is 49.3 Å². The number of rotatable bonds is 2. The zero-order valence-corrected chi connectivity index (χ0v) is 11.8. The molecule has 0 spiro atoms. The molecule has 0 unspecified atom stereocenters. The van der Waals surface area contributed by atoms with E-state index in [-0.39, 0.29) is 17.9 Å². The molecule has 4 nitrogen and oxygen atoms in total. The van der Waals surface area contributed by atoms with E-state index in [0.29, 0.717) is 17.6 Å². The number of nitrogens with one attached hydrogen (secondary N) is 1.